The Morgan fingerprint density at radius 1 is 1.18 bits per heavy atom. The molecule has 22 heavy (non-hydrogen) atoms. The zero-order valence-corrected chi connectivity index (χ0v) is 14.6. The molecule has 0 aromatic heterocycles. The average molecular weight is 365 g/mol. The molecule has 0 N–H and O–H groups in total. The summed E-state index contributed by atoms with van der Waals surface area (Å²) >= 11 is 3.60. The van der Waals surface area contributed by atoms with Crippen molar-refractivity contribution in [1.29, 1.82) is 0 Å². The molecule has 1 fully saturated rings. The average Bonchev–Trinajstić information content (AvgIpc) is 2.85. The SMILES string of the molecule is CC1(C)OC[C@H](CCOCc2ccc(Br)c3ccccc23)O1. The van der Waals surface area contributed by atoms with Gasteiger partial charge in [-0.05, 0) is 42.7 Å². The molecule has 2 aromatic carbocycles. The zero-order chi connectivity index (χ0) is 15.6. The first-order valence-electron chi connectivity index (χ1n) is 7.61. The molecule has 0 radical (unpaired) electrons. The molecule has 1 aliphatic rings. The van der Waals surface area contributed by atoms with Crippen LogP contribution in [0.3, 0.4) is 0 Å². The number of hydrogen-bond donors (Lipinski definition) is 0. The van der Waals surface area contributed by atoms with Gasteiger partial charge >= 0.3 is 0 Å². The van der Waals surface area contributed by atoms with Gasteiger partial charge in [0.1, 0.15) is 0 Å². The highest BCUT2D eigenvalue weighted by atomic mass is 79.9. The molecule has 1 atom stereocenters. The second-order valence-corrected chi connectivity index (χ2v) is 6.90. The number of rotatable bonds is 5. The van der Waals surface area contributed by atoms with Crippen molar-refractivity contribution >= 4 is 26.7 Å². The summed E-state index contributed by atoms with van der Waals surface area (Å²) in [6.45, 7) is 5.83. The predicted molar refractivity (Wildman–Crippen MR) is 90.8 cm³/mol. The molecule has 0 bridgehead atoms. The quantitative estimate of drug-likeness (QED) is 0.722. The maximum atomic E-state index is 5.85. The van der Waals surface area contributed by atoms with E-state index in [1.165, 1.54) is 16.3 Å². The van der Waals surface area contributed by atoms with Crippen LogP contribution in [-0.4, -0.2) is 25.1 Å². The molecule has 0 saturated carbocycles. The number of hydrogen-bond acceptors (Lipinski definition) is 3. The topological polar surface area (TPSA) is 27.7 Å². The Morgan fingerprint density at radius 3 is 2.68 bits per heavy atom. The molecule has 2 aromatic rings. The normalized spacial score (nSPS) is 20.6. The van der Waals surface area contributed by atoms with Crippen LogP contribution in [0.2, 0.25) is 0 Å². The Balaban J connectivity index is 1.55. The largest absolute Gasteiger partial charge is 0.377 e. The lowest BCUT2D eigenvalue weighted by atomic mass is 10.1. The Labute approximate surface area is 139 Å². The van der Waals surface area contributed by atoms with E-state index < -0.39 is 5.79 Å². The van der Waals surface area contributed by atoms with E-state index in [-0.39, 0.29) is 6.10 Å². The van der Waals surface area contributed by atoms with Crippen molar-refractivity contribution in [3.63, 3.8) is 0 Å². The molecule has 0 amide bonds. The Hall–Kier alpha value is -0.940. The van der Waals surface area contributed by atoms with E-state index in [0.717, 1.165) is 10.9 Å². The van der Waals surface area contributed by atoms with Crippen molar-refractivity contribution in [3.05, 3.63) is 46.4 Å². The minimum Gasteiger partial charge on any atom is -0.377 e. The number of halogens is 1. The van der Waals surface area contributed by atoms with Crippen molar-refractivity contribution in [2.75, 3.05) is 13.2 Å². The third-order valence-electron chi connectivity index (χ3n) is 3.87. The molecule has 0 aliphatic carbocycles. The van der Waals surface area contributed by atoms with Gasteiger partial charge in [0.15, 0.2) is 5.79 Å². The van der Waals surface area contributed by atoms with Crippen LogP contribution in [0, 0.1) is 0 Å². The minimum absolute atomic E-state index is 0.136. The standard InChI is InChI=1S/C18H21BrO3/c1-18(2)21-12-14(22-18)9-10-20-11-13-7-8-17(19)16-6-4-3-5-15(13)16/h3-8,14H,9-12H2,1-2H3/t14-/m0/s1. The van der Waals surface area contributed by atoms with Crippen LogP contribution < -0.4 is 0 Å². The summed E-state index contributed by atoms with van der Waals surface area (Å²) in [6, 6.07) is 12.6. The first kappa shape index (κ1) is 15.9. The van der Waals surface area contributed by atoms with Crippen molar-refractivity contribution in [2.24, 2.45) is 0 Å². The minimum atomic E-state index is -0.452. The third-order valence-corrected chi connectivity index (χ3v) is 4.56. The van der Waals surface area contributed by atoms with Crippen molar-refractivity contribution in [1.82, 2.24) is 0 Å². The third kappa shape index (κ3) is 3.69. The van der Waals surface area contributed by atoms with Gasteiger partial charge < -0.3 is 14.2 Å². The monoisotopic (exact) mass is 364 g/mol. The summed E-state index contributed by atoms with van der Waals surface area (Å²) in [5, 5.41) is 2.45. The molecule has 3 rings (SSSR count). The first-order chi connectivity index (χ1) is 10.6. The number of benzene rings is 2. The van der Waals surface area contributed by atoms with E-state index in [1.54, 1.807) is 0 Å². The highest BCUT2D eigenvalue weighted by Gasteiger charge is 2.32. The molecule has 4 heteroatoms. The van der Waals surface area contributed by atoms with Gasteiger partial charge in [0.2, 0.25) is 0 Å². The lowest BCUT2D eigenvalue weighted by molar-refractivity contribution is -0.140. The van der Waals surface area contributed by atoms with Crippen LogP contribution in [0.4, 0.5) is 0 Å². The van der Waals surface area contributed by atoms with Gasteiger partial charge in [-0.1, -0.05) is 46.3 Å². The van der Waals surface area contributed by atoms with E-state index in [2.05, 4.69) is 52.3 Å². The number of ether oxygens (including phenoxy) is 3. The smallest absolute Gasteiger partial charge is 0.163 e. The summed E-state index contributed by atoms with van der Waals surface area (Å²) in [6.07, 6.45) is 0.995. The van der Waals surface area contributed by atoms with Gasteiger partial charge in [-0.2, -0.15) is 0 Å². The van der Waals surface area contributed by atoms with Gasteiger partial charge in [-0.3, -0.25) is 0 Å². The zero-order valence-electron chi connectivity index (χ0n) is 13.0. The van der Waals surface area contributed by atoms with E-state index in [1.807, 2.05) is 13.8 Å². The fourth-order valence-electron chi connectivity index (χ4n) is 2.75. The Morgan fingerprint density at radius 2 is 1.95 bits per heavy atom. The summed E-state index contributed by atoms with van der Waals surface area (Å²) in [7, 11) is 0. The summed E-state index contributed by atoms with van der Waals surface area (Å²) in [5.41, 5.74) is 1.21. The van der Waals surface area contributed by atoms with Crippen molar-refractivity contribution < 1.29 is 14.2 Å². The van der Waals surface area contributed by atoms with Crippen LogP contribution in [0.5, 0.6) is 0 Å². The highest BCUT2D eigenvalue weighted by Crippen LogP contribution is 2.27. The van der Waals surface area contributed by atoms with Crippen LogP contribution in [0.25, 0.3) is 10.8 Å². The maximum absolute atomic E-state index is 5.85. The van der Waals surface area contributed by atoms with E-state index >= 15 is 0 Å². The summed E-state index contributed by atoms with van der Waals surface area (Å²) in [5.74, 6) is -0.452. The van der Waals surface area contributed by atoms with Crippen LogP contribution in [0.1, 0.15) is 25.8 Å². The first-order valence-corrected chi connectivity index (χ1v) is 8.40. The van der Waals surface area contributed by atoms with E-state index in [4.69, 9.17) is 14.2 Å². The van der Waals surface area contributed by atoms with Crippen LogP contribution in [0.15, 0.2) is 40.9 Å². The molecule has 0 unspecified atom stereocenters. The maximum Gasteiger partial charge on any atom is 0.163 e. The molecular weight excluding hydrogens is 344 g/mol. The van der Waals surface area contributed by atoms with Gasteiger partial charge in [0.25, 0.3) is 0 Å². The van der Waals surface area contributed by atoms with E-state index in [0.29, 0.717) is 19.8 Å². The highest BCUT2D eigenvalue weighted by molar-refractivity contribution is 9.10. The van der Waals surface area contributed by atoms with Crippen molar-refractivity contribution in [2.45, 2.75) is 38.8 Å². The van der Waals surface area contributed by atoms with E-state index in [9.17, 15) is 0 Å². The van der Waals surface area contributed by atoms with Crippen LogP contribution >= 0.6 is 15.9 Å². The molecule has 1 aliphatic heterocycles. The van der Waals surface area contributed by atoms with Crippen molar-refractivity contribution in [3.8, 4) is 0 Å². The Kier molecular flexibility index (Phi) is 4.83. The van der Waals surface area contributed by atoms with Crippen LogP contribution in [-0.2, 0) is 20.8 Å². The fraction of sp³-hybridized carbons (Fsp3) is 0.444. The Bertz CT molecular complexity index is 654. The molecule has 0 spiro atoms. The molecule has 1 heterocycles. The molecule has 3 nitrogen and oxygen atoms in total. The van der Waals surface area contributed by atoms with Gasteiger partial charge in [0.05, 0.1) is 19.3 Å². The predicted octanol–water partition coefficient (Wildman–Crippen LogP) is 4.66. The lowest BCUT2D eigenvalue weighted by Gasteiger charge is -2.17. The summed E-state index contributed by atoms with van der Waals surface area (Å²) < 4.78 is 18.3. The van der Waals surface area contributed by atoms with Gasteiger partial charge in [-0.25, -0.2) is 0 Å². The second kappa shape index (κ2) is 6.67. The van der Waals surface area contributed by atoms with Gasteiger partial charge in [0, 0.05) is 11.1 Å². The second-order valence-electron chi connectivity index (χ2n) is 6.04. The summed E-state index contributed by atoms with van der Waals surface area (Å²) in [4.78, 5) is 0. The number of fused-ring (bicyclic) bond motifs is 1. The lowest BCUT2D eigenvalue weighted by Crippen LogP contribution is -2.22. The molecule has 118 valence electrons. The fourth-order valence-corrected chi connectivity index (χ4v) is 3.23. The van der Waals surface area contributed by atoms with Gasteiger partial charge in [-0.15, -0.1) is 0 Å². The molecule has 1 saturated heterocycles. The molecular formula is C18H21BrO3.